The molecule has 12 heteroatoms. The zero-order valence-corrected chi connectivity index (χ0v) is 38.8. The van der Waals surface area contributed by atoms with Gasteiger partial charge in [-0.3, -0.25) is 19.9 Å². The smallest absolute Gasteiger partial charge is 0.186 e. The van der Waals surface area contributed by atoms with E-state index >= 15 is 0 Å². The minimum absolute atomic E-state index is 0.396. The summed E-state index contributed by atoms with van der Waals surface area (Å²) in [6.45, 7) is 5.78. The third-order valence-corrected chi connectivity index (χ3v) is 13.1. The number of fused-ring (bicyclic) bond motifs is 6. The second kappa shape index (κ2) is 18.5. The summed E-state index contributed by atoms with van der Waals surface area (Å²) in [4.78, 5) is 43.3. The van der Waals surface area contributed by atoms with Crippen LogP contribution in [0.4, 0.5) is 0 Å². The number of nitrogens with one attached hydrogen (secondary N) is 1. The van der Waals surface area contributed by atoms with Crippen LogP contribution in [0.2, 0.25) is 0 Å². The largest absolute Gasteiger partial charge is 0.456 e. The summed E-state index contributed by atoms with van der Waals surface area (Å²) in [7, 11) is 0. The zero-order valence-electron chi connectivity index (χ0n) is 38.0. The number of hydrogen-bond donors (Lipinski definition) is 1. The summed E-state index contributed by atoms with van der Waals surface area (Å²) in [5.74, 6) is 9.19. The Morgan fingerprint density at radius 3 is 1.89 bits per heavy atom. The van der Waals surface area contributed by atoms with Crippen LogP contribution < -0.4 is 5.32 Å². The maximum absolute atomic E-state index is 6.38. The summed E-state index contributed by atoms with van der Waals surface area (Å²) in [5, 5.41) is 8.00. The van der Waals surface area contributed by atoms with Crippen molar-refractivity contribution in [2.75, 3.05) is 0 Å². The Kier molecular flexibility index (Phi) is 11.1. The molecule has 1 aliphatic heterocycles. The molecule has 7 heterocycles. The summed E-state index contributed by atoms with van der Waals surface area (Å²) in [5.41, 5.74) is 9.14. The van der Waals surface area contributed by atoms with Crippen LogP contribution in [0, 0.1) is 11.8 Å². The number of hydrogen-bond acceptors (Lipinski definition) is 12. The van der Waals surface area contributed by atoms with Crippen LogP contribution in [0.15, 0.2) is 215 Å². The van der Waals surface area contributed by atoms with Crippen LogP contribution in [-0.2, 0) is 0 Å². The number of rotatable bonds is 9. The minimum atomic E-state index is -0.713. The number of thiophene rings is 1. The van der Waals surface area contributed by atoms with Crippen molar-refractivity contribution in [2.45, 2.75) is 13.1 Å². The van der Waals surface area contributed by atoms with Gasteiger partial charge in [0.25, 0.3) is 0 Å². The molecule has 336 valence electrons. The lowest BCUT2D eigenvalue weighted by atomic mass is 10.00. The first-order valence-electron chi connectivity index (χ1n) is 22.8. The molecule has 0 amide bonds. The van der Waals surface area contributed by atoms with Gasteiger partial charge >= 0.3 is 0 Å². The van der Waals surface area contributed by atoms with E-state index in [1.165, 1.54) is 26.4 Å². The van der Waals surface area contributed by atoms with E-state index in [4.69, 9.17) is 29.4 Å². The maximum atomic E-state index is 6.38. The third-order valence-electron chi connectivity index (χ3n) is 11.9. The molecule has 0 aliphatic carbocycles. The number of furan rings is 1. The van der Waals surface area contributed by atoms with Crippen molar-refractivity contribution in [3.05, 3.63) is 218 Å². The molecule has 1 atom stereocenters. The van der Waals surface area contributed by atoms with Crippen molar-refractivity contribution < 1.29 is 4.42 Å². The Labute approximate surface area is 411 Å². The second-order valence-electron chi connectivity index (χ2n) is 16.5. The van der Waals surface area contributed by atoms with Crippen molar-refractivity contribution in [1.82, 2.24) is 35.2 Å². The zero-order chi connectivity index (χ0) is 47.7. The Hall–Kier alpha value is -9.57. The summed E-state index contributed by atoms with van der Waals surface area (Å²) in [6, 6.07) is 50.6. The van der Waals surface area contributed by atoms with E-state index in [-0.39, 0.29) is 0 Å². The van der Waals surface area contributed by atoms with E-state index in [1.807, 2.05) is 115 Å². The average molecular weight is 935 g/mol. The molecular weight excluding hydrogens is 897 g/mol. The van der Waals surface area contributed by atoms with Gasteiger partial charge < -0.3 is 9.73 Å². The average Bonchev–Trinajstić information content (AvgIpc) is 4.00. The van der Waals surface area contributed by atoms with Crippen molar-refractivity contribution in [1.29, 1.82) is 0 Å². The predicted molar refractivity (Wildman–Crippen MR) is 286 cm³/mol. The lowest BCUT2D eigenvalue weighted by Gasteiger charge is -2.22. The van der Waals surface area contributed by atoms with Crippen LogP contribution in [0.1, 0.15) is 29.3 Å². The third kappa shape index (κ3) is 8.54. The van der Waals surface area contributed by atoms with Crippen LogP contribution in [0.3, 0.4) is 0 Å². The highest BCUT2D eigenvalue weighted by Gasteiger charge is 2.24. The molecule has 0 saturated heterocycles. The topological polar surface area (TPSA) is 140 Å². The standard InChI is InChI=1S/C59H38N10OS/c1-3-13-46(60-4-2)56-64-54(65-57(68-56)47-15-7-10-27-61-47)40-30-37(31-41(33-40)55-66-58(48-16-8-11-28-62-48)69-59(67-55)49-17-9-12-29-63-49)20-19-36-21-24-50-43(32-36)44-34-38(22-25-51(44)70-50)39-23-26-53-45(35-39)42-14-5-6-18-52(42)71-53/h3-18,21-35,56H,2H2,1H3,(H,64,65,68)/b13-3-,60-46?. The van der Waals surface area contributed by atoms with Crippen molar-refractivity contribution >= 4 is 70.8 Å². The molecule has 12 rings (SSSR count). The van der Waals surface area contributed by atoms with E-state index in [0.29, 0.717) is 68.6 Å². The van der Waals surface area contributed by atoms with Crippen molar-refractivity contribution in [2.24, 2.45) is 15.0 Å². The number of pyridine rings is 3. The highest BCUT2D eigenvalue weighted by molar-refractivity contribution is 7.25. The van der Waals surface area contributed by atoms with E-state index in [9.17, 15) is 0 Å². The molecule has 1 aliphatic rings. The monoisotopic (exact) mass is 934 g/mol. The lowest BCUT2D eigenvalue weighted by Crippen LogP contribution is -2.40. The fourth-order valence-corrected chi connectivity index (χ4v) is 9.69. The van der Waals surface area contributed by atoms with Crippen molar-refractivity contribution in [3.8, 4) is 57.4 Å². The Morgan fingerprint density at radius 1 is 0.563 bits per heavy atom. The van der Waals surface area contributed by atoms with Gasteiger partial charge in [0, 0.05) is 78.0 Å². The molecular formula is C59H38N10OS. The molecule has 0 spiro atoms. The molecule has 0 radical (unpaired) electrons. The van der Waals surface area contributed by atoms with Gasteiger partial charge in [0.2, 0.25) is 0 Å². The van der Waals surface area contributed by atoms with Gasteiger partial charge in [0.15, 0.2) is 29.5 Å². The van der Waals surface area contributed by atoms with E-state index in [0.717, 1.165) is 38.6 Å². The first kappa shape index (κ1) is 42.8. The number of nitrogens with zero attached hydrogens (tertiary/aromatic N) is 9. The molecule has 1 N–H and O–H groups in total. The molecule has 11 aromatic rings. The van der Waals surface area contributed by atoms with Gasteiger partial charge in [-0.1, -0.05) is 73.0 Å². The number of aromatic nitrogens is 6. The van der Waals surface area contributed by atoms with Gasteiger partial charge in [-0.2, -0.15) is 0 Å². The predicted octanol–water partition coefficient (Wildman–Crippen LogP) is 12.7. The van der Waals surface area contributed by atoms with Gasteiger partial charge in [-0.25, -0.2) is 24.9 Å². The Morgan fingerprint density at radius 2 is 1.17 bits per heavy atom. The molecule has 1 unspecified atom stereocenters. The van der Waals surface area contributed by atoms with Crippen LogP contribution in [0.5, 0.6) is 0 Å². The molecule has 0 bridgehead atoms. The number of amidine groups is 2. The van der Waals surface area contributed by atoms with Crippen molar-refractivity contribution in [3.63, 3.8) is 0 Å². The Bertz CT molecular complexity index is 4010. The number of allylic oxidation sites excluding steroid dienone is 1. The van der Waals surface area contributed by atoms with Gasteiger partial charge in [-0.05, 0) is 127 Å². The Balaban J connectivity index is 0.991. The van der Waals surface area contributed by atoms with Crippen LogP contribution in [0.25, 0.3) is 87.7 Å². The minimum Gasteiger partial charge on any atom is -0.456 e. The van der Waals surface area contributed by atoms with E-state index < -0.39 is 6.17 Å². The molecule has 0 fully saturated rings. The molecule has 71 heavy (non-hydrogen) atoms. The molecule has 5 aromatic carbocycles. The summed E-state index contributed by atoms with van der Waals surface area (Å²) < 4.78 is 8.93. The quantitative estimate of drug-likeness (QED) is 0.111. The lowest BCUT2D eigenvalue weighted by molar-refractivity contribution is 0.669. The SMILES string of the molecule is C=CN=C(/C=C\C)C1N=C(c2cc(C#Cc3ccc4oc5ccc(-c6ccc7sc8ccccc8c7c6)cc5c4c3)cc(-c3nc(-c4ccccn4)nc(-c4ccccn4)n3)c2)NC(c2ccccn2)=N1. The normalized spacial score (nSPS) is 13.8. The van der Waals surface area contributed by atoms with E-state index in [2.05, 4.69) is 110 Å². The molecule has 11 nitrogen and oxygen atoms in total. The second-order valence-corrected chi connectivity index (χ2v) is 17.6. The van der Waals surface area contributed by atoms with Crippen LogP contribution in [-0.4, -0.2) is 53.5 Å². The fraction of sp³-hybridized carbons (Fsp3) is 0.0339. The highest BCUT2D eigenvalue weighted by atomic mass is 32.1. The van der Waals surface area contributed by atoms with Gasteiger partial charge in [-0.15, -0.1) is 11.3 Å². The highest BCUT2D eigenvalue weighted by Crippen LogP contribution is 2.38. The molecule has 6 aromatic heterocycles. The summed E-state index contributed by atoms with van der Waals surface area (Å²) in [6.07, 6.45) is 9.71. The maximum Gasteiger partial charge on any atom is 0.186 e. The van der Waals surface area contributed by atoms with Gasteiger partial charge in [0.05, 0.1) is 5.71 Å². The number of aliphatic imine (C=N–C) groups is 3. The first-order chi connectivity index (χ1) is 35.0. The van der Waals surface area contributed by atoms with Crippen LogP contribution >= 0.6 is 11.3 Å². The number of benzene rings is 5. The van der Waals surface area contributed by atoms with E-state index in [1.54, 1.807) is 18.6 Å². The first-order valence-corrected chi connectivity index (χ1v) is 23.7. The summed E-state index contributed by atoms with van der Waals surface area (Å²) >= 11 is 1.82. The van der Waals surface area contributed by atoms with Gasteiger partial charge in [0.1, 0.15) is 34.1 Å². The fourth-order valence-electron chi connectivity index (χ4n) is 8.61. The molecule has 0 saturated carbocycles.